The Labute approximate surface area is 103 Å². The van der Waals surface area contributed by atoms with Crippen LogP contribution in [0.25, 0.3) is 0 Å². The second-order valence-electron chi connectivity index (χ2n) is 3.38. The van der Waals surface area contributed by atoms with Crippen LogP contribution in [0, 0.1) is 5.82 Å². The molecule has 0 saturated heterocycles. The van der Waals surface area contributed by atoms with Gasteiger partial charge in [-0.25, -0.2) is 14.4 Å². The van der Waals surface area contributed by atoms with E-state index in [-0.39, 0.29) is 18.3 Å². The maximum absolute atomic E-state index is 13.2. The molecule has 1 aromatic carbocycles. The molecule has 0 saturated carbocycles. The van der Waals surface area contributed by atoms with Gasteiger partial charge >= 0.3 is 0 Å². The Morgan fingerprint density at radius 1 is 1.18 bits per heavy atom. The summed E-state index contributed by atoms with van der Waals surface area (Å²) in [4.78, 5) is 8.01. The van der Waals surface area contributed by atoms with Gasteiger partial charge in [-0.3, -0.25) is 0 Å². The highest BCUT2D eigenvalue weighted by molar-refractivity contribution is 6.17. The van der Waals surface area contributed by atoms with Crippen molar-refractivity contribution in [1.82, 2.24) is 9.97 Å². The minimum absolute atomic E-state index is 0.200. The Hall–Kier alpha value is -1.68. The number of hydrogen-bond acceptors (Lipinski definition) is 3. The van der Waals surface area contributed by atoms with Crippen molar-refractivity contribution in [2.75, 3.05) is 0 Å². The summed E-state index contributed by atoms with van der Waals surface area (Å²) in [6.07, 6.45) is 3.25. The number of halogens is 2. The Balaban J connectivity index is 2.06. The van der Waals surface area contributed by atoms with Crippen molar-refractivity contribution in [2.24, 2.45) is 0 Å². The predicted octanol–water partition coefficient (Wildman–Crippen LogP) is 2.93. The first-order valence-corrected chi connectivity index (χ1v) is 5.55. The van der Waals surface area contributed by atoms with E-state index in [1.165, 1.54) is 12.1 Å². The standard InChI is InChI=1S/C12H10ClFN2O/c13-7-9-4-10(14)6-11(5-9)17-8-12-15-2-1-3-16-12/h1-6H,7-8H2. The first kappa shape index (κ1) is 11.8. The molecule has 0 aliphatic heterocycles. The van der Waals surface area contributed by atoms with Crippen LogP contribution in [0.3, 0.4) is 0 Å². The summed E-state index contributed by atoms with van der Waals surface area (Å²) in [6, 6.07) is 6.09. The van der Waals surface area contributed by atoms with Gasteiger partial charge in [-0.15, -0.1) is 11.6 Å². The molecule has 5 heteroatoms. The van der Waals surface area contributed by atoms with Gasteiger partial charge in [0, 0.05) is 24.3 Å². The molecule has 0 aliphatic carbocycles. The molecule has 0 spiro atoms. The fourth-order valence-corrected chi connectivity index (χ4v) is 1.49. The number of nitrogens with zero attached hydrogens (tertiary/aromatic N) is 2. The number of hydrogen-bond donors (Lipinski definition) is 0. The summed E-state index contributed by atoms with van der Waals surface area (Å²) in [5.41, 5.74) is 0.677. The molecule has 0 atom stereocenters. The van der Waals surface area contributed by atoms with Crippen molar-refractivity contribution in [1.29, 1.82) is 0 Å². The molecule has 1 aromatic heterocycles. The van der Waals surface area contributed by atoms with Gasteiger partial charge in [-0.2, -0.15) is 0 Å². The topological polar surface area (TPSA) is 35.0 Å². The van der Waals surface area contributed by atoms with Crippen molar-refractivity contribution in [3.8, 4) is 5.75 Å². The van der Waals surface area contributed by atoms with Gasteiger partial charge in [-0.1, -0.05) is 0 Å². The average Bonchev–Trinajstić information content (AvgIpc) is 2.37. The molecule has 0 radical (unpaired) electrons. The van der Waals surface area contributed by atoms with Gasteiger partial charge in [0.1, 0.15) is 18.2 Å². The van der Waals surface area contributed by atoms with Crippen LogP contribution in [0.5, 0.6) is 5.75 Å². The van der Waals surface area contributed by atoms with Crippen molar-refractivity contribution in [2.45, 2.75) is 12.5 Å². The van der Waals surface area contributed by atoms with Crippen LogP contribution in [-0.4, -0.2) is 9.97 Å². The van der Waals surface area contributed by atoms with Crippen LogP contribution in [0.1, 0.15) is 11.4 Å². The predicted molar refractivity (Wildman–Crippen MR) is 62.3 cm³/mol. The molecule has 0 bridgehead atoms. The third-order valence-electron chi connectivity index (χ3n) is 2.07. The van der Waals surface area contributed by atoms with E-state index in [2.05, 4.69) is 9.97 Å². The van der Waals surface area contributed by atoms with Crippen LogP contribution in [0.4, 0.5) is 4.39 Å². The van der Waals surface area contributed by atoms with Crippen LogP contribution in [0.15, 0.2) is 36.7 Å². The molecule has 0 fully saturated rings. The summed E-state index contributed by atoms with van der Waals surface area (Å²) in [5.74, 6) is 0.847. The van der Waals surface area contributed by atoms with Gasteiger partial charge in [0.15, 0.2) is 5.82 Å². The normalized spacial score (nSPS) is 10.2. The molecule has 17 heavy (non-hydrogen) atoms. The molecule has 2 aromatic rings. The van der Waals surface area contributed by atoms with Crippen molar-refractivity contribution >= 4 is 11.6 Å². The fraction of sp³-hybridized carbons (Fsp3) is 0.167. The van der Waals surface area contributed by atoms with E-state index in [0.717, 1.165) is 0 Å². The van der Waals surface area contributed by atoms with E-state index in [9.17, 15) is 4.39 Å². The third kappa shape index (κ3) is 3.39. The summed E-state index contributed by atoms with van der Waals surface area (Å²) in [7, 11) is 0. The lowest BCUT2D eigenvalue weighted by Gasteiger charge is -2.06. The quantitative estimate of drug-likeness (QED) is 0.785. The van der Waals surface area contributed by atoms with Crippen LogP contribution in [0.2, 0.25) is 0 Å². The number of ether oxygens (including phenoxy) is 1. The molecule has 3 nitrogen and oxygen atoms in total. The maximum atomic E-state index is 13.2. The summed E-state index contributed by atoms with van der Waals surface area (Å²) >= 11 is 5.64. The van der Waals surface area contributed by atoms with Crippen LogP contribution in [-0.2, 0) is 12.5 Å². The number of rotatable bonds is 4. The van der Waals surface area contributed by atoms with Gasteiger partial charge in [0.2, 0.25) is 0 Å². The minimum Gasteiger partial charge on any atom is -0.485 e. The maximum Gasteiger partial charge on any atom is 0.166 e. The van der Waals surface area contributed by atoms with Crippen molar-refractivity contribution in [3.05, 3.63) is 53.9 Å². The van der Waals surface area contributed by atoms with Gasteiger partial charge in [0.25, 0.3) is 0 Å². The summed E-state index contributed by atoms with van der Waals surface area (Å²) in [5, 5.41) is 0. The van der Waals surface area contributed by atoms with E-state index in [0.29, 0.717) is 17.1 Å². The molecular formula is C12H10ClFN2O. The first-order valence-electron chi connectivity index (χ1n) is 5.02. The Bertz CT molecular complexity index is 493. The largest absolute Gasteiger partial charge is 0.485 e. The lowest BCUT2D eigenvalue weighted by molar-refractivity contribution is 0.294. The Kier molecular flexibility index (Phi) is 3.88. The second-order valence-corrected chi connectivity index (χ2v) is 3.65. The highest BCUT2D eigenvalue weighted by Crippen LogP contribution is 2.18. The molecule has 2 rings (SSSR count). The highest BCUT2D eigenvalue weighted by Gasteiger charge is 2.02. The smallest absolute Gasteiger partial charge is 0.166 e. The van der Waals surface area contributed by atoms with E-state index >= 15 is 0 Å². The molecule has 0 amide bonds. The van der Waals surface area contributed by atoms with E-state index in [1.807, 2.05) is 0 Å². The van der Waals surface area contributed by atoms with Crippen molar-refractivity contribution < 1.29 is 9.13 Å². The second kappa shape index (κ2) is 5.59. The Morgan fingerprint density at radius 2 is 1.94 bits per heavy atom. The number of alkyl halides is 1. The monoisotopic (exact) mass is 252 g/mol. The van der Waals surface area contributed by atoms with Crippen LogP contribution < -0.4 is 4.74 Å². The number of aromatic nitrogens is 2. The molecule has 1 heterocycles. The zero-order valence-electron chi connectivity index (χ0n) is 8.94. The molecule has 0 unspecified atom stereocenters. The number of benzene rings is 1. The van der Waals surface area contributed by atoms with Crippen molar-refractivity contribution in [3.63, 3.8) is 0 Å². The highest BCUT2D eigenvalue weighted by atomic mass is 35.5. The molecule has 0 N–H and O–H groups in total. The summed E-state index contributed by atoms with van der Waals surface area (Å²) in [6.45, 7) is 0.200. The Morgan fingerprint density at radius 3 is 2.65 bits per heavy atom. The zero-order valence-corrected chi connectivity index (χ0v) is 9.69. The van der Waals surface area contributed by atoms with Crippen LogP contribution >= 0.6 is 11.6 Å². The van der Waals surface area contributed by atoms with E-state index in [4.69, 9.17) is 16.3 Å². The molecule has 0 aliphatic rings. The third-order valence-corrected chi connectivity index (χ3v) is 2.38. The lowest BCUT2D eigenvalue weighted by atomic mass is 10.2. The van der Waals surface area contributed by atoms with Gasteiger partial charge in [0.05, 0.1) is 0 Å². The van der Waals surface area contributed by atoms with Gasteiger partial charge in [-0.05, 0) is 23.8 Å². The zero-order chi connectivity index (χ0) is 12.1. The molecular weight excluding hydrogens is 243 g/mol. The SMILES string of the molecule is Fc1cc(CCl)cc(OCc2ncccn2)c1. The minimum atomic E-state index is -0.368. The van der Waals surface area contributed by atoms with E-state index in [1.54, 1.807) is 24.5 Å². The molecule has 88 valence electrons. The fourth-order valence-electron chi connectivity index (χ4n) is 1.33. The van der Waals surface area contributed by atoms with E-state index < -0.39 is 0 Å². The first-order chi connectivity index (χ1) is 8.28. The summed E-state index contributed by atoms with van der Waals surface area (Å²) < 4.78 is 18.6. The van der Waals surface area contributed by atoms with Gasteiger partial charge < -0.3 is 4.74 Å². The average molecular weight is 253 g/mol. The lowest BCUT2D eigenvalue weighted by Crippen LogP contribution is -2.01.